The molecule has 104 valence electrons. The molecular formula is C13H10Br2N2OS2. The molecule has 0 atom stereocenters. The molecule has 3 nitrogen and oxygen atoms in total. The number of amides is 1. The third-order valence-corrected chi connectivity index (χ3v) is 5.31. The van der Waals surface area contributed by atoms with E-state index in [4.69, 9.17) is 18.0 Å². The Hall–Kier alpha value is -0.760. The highest BCUT2D eigenvalue weighted by molar-refractivity contribution is 9.12. The lowest BCUT2D eigenvalue weighted by atomic mass is 10.2. The summed E-state index contributed by atoms with van der Waals surface area (Å²) in [5, 5.41) is 0. The van der Waals surface area contributed by atoms with Gasteiger partial charge < -0.3 is 10.6 Å². The third-order valence-electron chi connectivity index (χ3n) is 2.73. The maximum Gasteiger partial charge on any atom is 0.260 e. The molecule has 0 saturated carbocycles. The average Bonchev–Trinajstić information content (AvgIpc) is 2.76. The lowest BCUT2D eigenvalue weighted by Gasteiger charge is -2.17. The summed E-state index contributed by atoms with van der Waals surface area (Å²) < 4.78 is 1.71. The van der Waals surface area contributed by atoms with E-state index in [0.29, 0.717) is 10.6 Å². The predicted molar refractivity (Wildman–Crippen MR) is 94.8 cm³/mol. The van der Waals surface area contributed by atoms with Gasteiger partial charge in [-0.3, -0.25) is 4.79 Å². The maximum absolute atomic E-state index is 12.4. The molecule has 1 heterocycles. The zero-order chi connectivity index (χ0) is 14.9. The van der Waals surface area contributed by atoms with Crippen LogP contribution in [0.25, 0.3) is 0 Å². The minimum Gasteiger partial charge on any atom is -0.389 e. The summed E-state index contributed by atoms with van der Waals surface area (Å²) in [6.45, 7) is 0. The highest BCUT2D eigenvalue weighted by Crippen LogP contribution is 2.33. The van der Waals surface area contributed by atoms with Crippen molar-refractivity contribution in [3.63, 3.8) is 0 Å². The van der Waals surface area contributed by atoms with Crippen molar-refractivity contribution in [3.05, 3.63) is 49.0 Å². The second-order valence-electron chi connectivity index (χ2n) is 4.01. The summed E-state index contributed by atoms with van der Waals surface area (Å²) >= 11 is 13.1. The van der Waals surface area contributed by atoms with Gasteiger partial charge in [-0.05, 0) is 62.2 Å². The standard InChI is InChI=1S/C13H10Br2N2OS2/c1-17(8-4-2-7(3-5-8)12(16)19)13(18)9-6-10(14)20-11(9)15/h2-6H,1H3,(H2,16,19). The summed E-state index contributed by atoms with van der Waals surface area (Å²) in [7, 11) is 1.73. The highest BCUT2D eigenvalue weighted by Gasteiger charge is 2.18. The minimum atomic E-state index is -0.0816. The number of nitrogens with zero attached hydrogens (tertiary/aromatic N) is 1. The number of halogens is 2. The Bertz CT molecular complexity index is 668. The summed E-state index contributed by atoms with van der Waals surface area (Å²) in [6.07, 6.45) is 0. The predicted octanol–water partition coefficient (Wildman–Crippen LogP) is 4.18. The molecule has 0 saturated heterocycles. The summed E-state index contributed by atoms with van der Waals surface area (Å²) in [6, 6.07) is 9.06. The number of thiocarbonyl (C=S) groups is 1. The van der Waals surface area contributed by atoms with E-state index < -0.39 is 0 Å². The number of anilines is 1. The molecule has 0 aliphatic rings. The zero-order valence-corrected chi connectivity index (χ0v) is 15.2. The van der Waals surface area contributed by atoms with Crippen molar-refractivity contribution < 1.29 is 4.79 Å². The van der Waals surface area contributed by atoms with Crippen LogP contribution >= 0.6 is 55.4 Å². The molecule has 20 heavy (non-hydrogen) atoms. The van der Waals surface area contributed by atoms with Crippen molar-refractivity contribution in [2.45, 2.75) is 0 Å². The molecule has 0 unspecified atom stereocenters. The summed E-state index contributed by atoms with van der Waals surface area (Å²) in [5.41, 5.74) is 7.75. The van der Waals surface area contributed by atoms with Crippen LogP contribution in [0.3, 0.4) is 0 Å². The molecule has 2 aromatic rings. The largest absolute Gasteiger partial charge is 0.389 e. The van der Waals surface area contributed by atoms with Crippen LogP contribution in [-0.2, 0) is 0 Å². The number of nitrogens with two attached hydrogens (primary N) is 1. The van der Waals surface area contributed by atoms with E-state index in [2.05, 4.69) is 31.9 Å². The van der Waals surface area contributed by atoms with Gasteiger partial charge in [-0.25, -0.2) is 0 Å². The van der Waals surface area contributed by atoms with Crippen LogP contribution in [0.15, 0.2) is 37.9 Å². The molecule has 0 aliphatic carbocycles. The summed E-state index contributed by atoms with van der Waals surface area (Å²) in [5.74, 6) is -0.0816. The van der Waals surface area contributed by atoms with Crippen LogP contribution in [-0.4, -0.2) is 17.9 Å². The van der Waals surface area contributed by atoms with Gasteiger partial charge in [0.15, 0.2) is 0 Å². The van der Waals surface area contributed by atoms with Crippen molar-refractivity contribution in [2.75, 3.05) is 11.9 Å². The topological polar surface area (TPSA) is 46.3 Å². The van der Waals surface area contributed by atoms with E-state index in [0.717, 1.165) is 18.8 Å². The first-order chi connectivity index (χ1) is 9.40. The number of carbonyl (C=O) groups is 1. The molecule has 1 amide bonds. The fraction of sp³-hybridized carbons (Fsp3) is 0.0769. The van der Waals surface area contributed by atoms with E-state index in [1.165, 1.54) is 11.3 Å². The molecule has 0 bridgehead atoms. The minimum absolute atomic E-state index is 0.0816. The lowest BCUT2D eigenvalue weighted by molar-refractivity contribution is 0.0993. The Balaban J connectivity index is 2.26. The van der Waals surface area contributed by atoms with Crippen molar-refractivity contribution in [2.24, 2.45) is 5.73 Å². The van der Waals surface area contributed by atoms with Crippen LogP contribution in [0.2, 0.25) is 0 Å². The van der Waals surface area contributed by atoms with E-state index in [-0.39, 0.29) is 5.91 Å². The zero-order valence-electron chi connectivity index (χ0n) is 10.4. The number of hydrogen-bond donors (Lipinski definition) is 1. The first kappa shape index (κ1) is 15.6. The smallest absolute Gasteiger partial charge is 0.260 e. The molecular weight excluding hydrogens is 424 g/mol. The van der Waals surface area contributed by atoms with E-state index in [1.807, 2.05) is 12.1 Å². The van der Waals surface area contributed by atoms with Gasteiger partial charge in [-0.15, -0.1) is 11.3 Å². The van der Waals surface area contributed by atoms with Crippen molar-refractivity contribution in [3.8, 4) is 0 Å². The Morgan fingerprint density at radius 3 is 2.35 bits per heavy atom. The van der Waals surface area contributed by atoms with Gasteiger partial charge in [-0.1, -0.05) is 12.2 Å². The van der Waals surface area contributed by atoms with E-state index in [9.17, 15) is 4.79 Å². The van der Waals surface area contributed by atoms with Crippen molar-refractivity contribution in [1.82, 2.24) is 0 Å². The fourth-order valence-electron chi connectivity index (χ4n) is 1.63. The molecule has 2 rings (SSSR count). The highest BCUT2D eigenvalue weighted by atomic mass is 79.9. The van der Waals surface area contributed by atoms with Crippen LogP contribution in [0.4, 0.5) is 5.69 Å². The van der Waals surface area contributed by atoms with E-state index in [1.54, 1.807) is 30.1 Å². The van der Waals surface area contributed by atoms with Crippen molar-refractivity contribution >= 4 is 72.0 Å². The lowest BCUT2D eigenvalue weighted by Crippen LogP contribution is -2.26. The SMILES string of the molecule is CN(C(=O)c1cc(Br)sc1Br)c1ccc(C(N)=S)cc1. The second-order valence-corrected chi connectivity index (χ2v) is 8.20. The number of hydrogen-bond acceptors (Lipinski definition) is 3. The molecule has 1 aromatic carbocycles. The first-order valence-electron chi connectivity index (χ1n) is 5.53. The Morgan fingerprint density at radius 2 is 1.90 bits per heavy atom. The van der Waals surface area contributed by atoms with Crippen LogP contribution in [0, 0.1) is 0 Å². The van der Waals surface area contributed by atoms with Crippen molar-refractivity contribution in [1.29, 1.82) is 0 Å². The fourth-order valence-corrected chi connectivity index (χ4v) is 4.55. The second kappa shape index (κ2) is 6.34. The normalized spacial score (nSPS) is 10.3. The molecule has 0 aliphatic heterocycles. The Kier molecular flexibility index (Phi) is 4.95. The Labute approximate surface area is 143 Å². The van der Waals surface area contributed by atoms with Gasteiger partial charge in [0.2, 0.25) is 0 Å². The van der Waals surface area contributed by atoms with Gasteiger partial charge in [0, 0.05) is 18.3 Å². The van der Waals surface area contributed by atoms with Gasteiger partial charge in [0.1, 0.15) is 4.99 Å². The number of benzene rings is 1. The third kappa shape index (κ3) is 3.28. The molecule has 0 fully saturated rings. The molecule has 2 N–H and O–H groups in total. The number of carbonyl (C=O) groups excluding carboxylic acids is 1. The quantitative estimate of drug-likeness (QED) is 0.738. The first-order valence-corrected chi connectivity index (χ1v) is 8.34. The van der Waals surface area contributed by atoms with Crippen LogP contribution in [0.1, 0.15) is 15.9 Å². The molecule has 0 radical (unpaired) electrons. The van der Waals surface area contributed by atoms with Gasteiger partial charge in [-0.2, -0.15) is 0 Å². The van der Waals surface area contributed by atoms with Gasteiger partial charge in [0.25, 0.3) is 5.91 Å². The molecule has 7 heteroatoms. The van der Waals surface area contributed by atoms with Gasteiger partial charge in [0.05, 0.1) is 13.1 Å². The Morgan fingerprint density at radius 1 is 1.30 bits per heavy atom. The molecule has 1 aromatic heterocycles. The van der Waals surface area contributed by atoms with E-state index >= 15 is 0 Å². The van der Waals surface area contributed by atoms with Crippen LogP contribution < -0.4 is 10.6 Å². The monoisotopic (exact) mass is 432 g/mol. The van der Waals surface area contributed by atoms with Gasteiger partial charge >= 0.3 is 0 Å². The number of rotatable bonds is 3. The van der Waals surface area contributed by atoms with Crippen LogP contribution in [0.5, 0.6) is 0 Å². The maximum atomic E-state index is 12.4. The number of thiophene rings is 1. The summed E-state index contributed by atoms with van der Waals surface area (Å²) in [4.78, 5) is 14.4. The molecule has 0 spiro atoms. The average molecular weight is 434 g/mol.